The number of nitrogens with zero attached hydrogens (tertiary/aromatic N) is 5. The van der Waals surface area contributed by atoms with E-state index in [-0.39, 0.29) is 11.8 Å². The summed E-state index contributed by atoms with van der Waals surface area (Å²) >= 11 is 1.74. The van der Waals surface area contributed by atoms with Gasteiger partial charge in [0.2, 0.25) is 0 Å². The number of piperidine rings is 1. The highest BCUT2D eigenvalue weighted by atomic mass is 32.1. The molecule has 3 heterocycles. The van der Waals surface area contributed by atoms with Gasteiger partial charge in [0.15, 0.2) is 5.69 Å². The smallest absolute Gasteiger partial charge is 0.276 e. The molecule has 1 aliphatic heterocycles. The maximum atomic E-state index is 13.2. The van der Waals surface area contributed by atoms with Gasteiger partial charge in [-0.2, -0.15) is 9.90 Å². The fourth-order valence-electron chi connectivity index (χ4n) is 3.83. The SMILES string of the molecule is Cc1nn(-c2ccccc2)nc1C(=O)N1CCCC(c2nc3ccccc3s2)C1. The van der Waals surface area contributed by atoms with Crippen molar-refractivity contribution in [3.05, 3.63) is 71.0 Å². The summed E-state index contributed by atoms with van der Waals surface area (Å²) in [6.45, 7) is 3.27. The first-order valence-electron chi connectivity index (χ1n) is 9.83. The summed E-state index contributed by atoms with van der Waals surface area (Å²) in [4.78, 5) is 21.5. The van der Waals surface area contributed by atoms with Crippen LogP contribution in [0.1, 0.15) is 39.9 Å². The molecule has 0 spiro atoms. The number of thiazole rings is 1. The van der Waals surface area contributed by atoms with E-state index in [1.54, 1.807) is 11.3 Å². The number of amides is 1. The van der Waals surface area contributed by atoms with Crippen LogP contribution < -0.4 is 0 Å². The number of carbonyl (C=O) groups excluding carboxylic acids is 1. The van der Waals surface area contributed by atoms with Gasteiger partial charge in [-0.25, -0.2) is 4.98 Å². The number of aromatic nitrogens is 4. The molecule has 5 rings (SSSR count). The summed E-state index contributed by atoms with van der Waals surface area (Å²) in [6, 6.07) is 17.9. The molecule has 0 bridgehead atoms. The van der Waals surface area contributed by atoms with E-state index in [1.165, 1.54) is 9.50 Å². The van der Waals surface area contributed by atoms with E-state index >= 15 is 0 Å². The third kappa shape index (κ3) is 3.42. The lowest BCUT2D eigenvalue weighted by Crippen LogP contribution is -2.39. The van der Waals surface area contributed by atoms with Gasteiger partial charge in [-0.05, 0) is 44.0 Å². The molecule has 2 aromatic carbocycles. The second-order valence-electron chi connectivity index (χ2n) is 7.37. The maximum Gasteiger partial charge on any atom is 0.276 e. The average molecular weight is 404 g/mol. The molecule has 1 atom stereocenters. The Kier molecular flexibility index (Phi) is 4.60. The third-order valence-corrected chi connectivity index (χ3v) is 6.54. The van der Waals surface area contributed by atoms with Gasteiger partial charge >= 0.3 is 0 Å². The molecule has 29 heavy (non-hydrogen) atoms. The Morgan fingerprint density at radius 1 is 1.07 bits per heavy atom. The van der Waals surface area contributed by atoms with E-state index in [9.17, 15) is 4.79 Å². The van der Waals surface area contributed by atoms with Gasteiger partial charge in [0, 0.05) is 19.0 Å². The number of fused-ring (bicyclic) bond motifs is 1. The van der Waals surface area contributed by atoms with Crippen LogP contribution in [0.4, 0.5) is 0 Å². The summed E-state index contributed by atoms with van der Waals surface area (Å²) in [5.41, 5.74) is 2.97. The Morgan fingerprint density at radius 2 is 1.86 bits per heavy atom. The Bertz CT molecular complexity index is 1130. The molecule has 146 valence electrons. The highest BCUT2D eigenvalue weighted by Gasteiger charge is 2.30. The molecule has 1 fully saturated rings. The largest absolute Gasteiger partial charge is 0.336 e. The number of carbonyl (C=O) groups is 1. The van der Waals surface area contributed by atoms with Crippen LogP contribution in [0.2, 0.25) is 0 Å². The molecule has 1 saturated heterocycles. The van der Waals surface area contributed by atoms with Crippen LogP contribution in [0.5, 0.6) is 0 Å². The zero-order valence-electron chi connectivity index (χ0n) is 16.2. The number of para-hydroxylation sites is 2. The molecule has 0 aliphatic carbocycles. The molecule has 1 aliphatic rings. The highest BCUT2D eigenvalue weighted by Crippen LogP contribution is 2.33. The van der Waals surface area contributed by atoms with Crippen molar-refractivity contribution in [3.8, 4) is 5.69 Å². The van der Waals surface area contributed by atoms with Gasteiger partial charge in [-0.3, -0.25) is 4.79 Å². The van der Waals surface area contributed by atoms with Crippen molar-refractivity contribution in [1.82, 2.24) is 24.9 Å². The monoisotopic (exact) mass is 403 g/mol. The molecule has 0 saturated carbocycles. The van der Waals surface area contributed by atoms with Crippen molar-refractivity contribution in [2.75, 3.05) is 13.1 Å². The number of aryl methyl sites for hydroxylation is 1. The van der Waals surface area contributed by atoms with Crippen LogP contribution in [-0.4, -0.2) is 43.9 Å². The third-order valence-electron chi connectivity index (χ3n) is 5.34. The Balaban J connectivity index is 1.38. The van der Waals surface area contributed by atoms with E-state index in [0.29, 0.717) is 17.9 Å². The van der Waals surface area contributed by atoms with E-state index in [4.69, 9.17) is 4.98 Å². The lowest BCUT2D eigenvalue weighted by Gasteiger charge is -2.31. The van der Waals surface area contributed by atoms with E-state index in [2.05, 4.69) is 16.3 Å². The zero-order chi connectivity index (χ0) is 19.8. The van der Waals surface area contributed by atoms with Crippen LogP contribution in [0.3, 0.4) is 0 Å². The van der Waals surface area contributed by atoms with Crippen LogP contribution >= 0.6 is 11.3 Å². The quantitative estimate of drug-likeness (QED) is 0.514. The minimum atomic E-state index is -0.0458. The Morgan fingerprint density at radius 3 is 2.69 bits per heavy atom. The molecule has 2 aromatic heterocycles. The first kappa shape index (κ1) is 18.0. The molecular formula is C22H21N5OS. The second-order valence-corrected chi connectivity index (χ2v) is 8.43. The van der Waals surface area contributed by atoms with Gasteiger partial charge in [-0.1, -0.05) is 30.3 Å². The highest BCUT2D eigenvalue weighted by molar-refractivity contribution is 7.18. The minimum Gasteiger partial charge on any atom is -0.336 e. The molecule has 6 nitrogen and oxygen atoms in total. The summed E-state index contributed by atoms with van der Waals surface area (Å²) in [5, 5.41) is 10.1. The van der Waals surface area contributed by atoms with Crippen molar-refractivity contribution in [3.63, 3.8) is 0 Å². The predicted octanol–water partition coefficient (Wildman–Crippen LogP) is 4.21. The van der Waals surface area contributed by atoms with E-state index in [0.717, 1.165) is 35.6 Å². The standard InChI is InChI=1S/C22H21N5OS/c1-15-20(25-27(24-15)17-9-3-2-4-10-17)22(28)26-13-7-8-16(14-26)21-23-18-11-5-6-12-19(18)29-21/h2-6,9-12,16H,7-8,13-14H2,1H3. The summed E-state index contributed by atoms with van der Waals surface area (Å²) in [6.07, 6.45) is 2.03. The van der Waals surface area contributed by atoms with Crippen LogP contribution in [0.25, 0.3) is 15.9 Å². The van der Waals surface area contributed by atoms with Crippen molar-refractivity contribution >= 4 is 27.5 Å². The molecule has 1 amide bonds. The van der Waals surface area contributed by atoms with Crippen molar-refractivity contribution in [1.29, 1.82) is 0 Å². The Labute approximate surface area is 172 Å². The first-order valence-corrected chi connectivity index (χ1v) is 10.6. The predicted molar refractivity (Wildman–Crippen MR) is 114 cm³/mol. The van der Waals surface area contributed by atoms with Crippen molar-refractivity contribution in [2.24, 2.45) is 0 Å². The van der Waals surface area contributed by atoms with E-state index < -0.39 is 0 Å². The molecular weight excluding hydrogens is 382 g/mol. The summed E-state index contributed by atoms with van der Waals surface area (Å²) in [5.74, 6) is 0.227. The van der Waals surface area contributed by atoms with Gasteiger partial charge in [0.05, 0.1) is 26.6 Å². The van der Waals surface area contributed by atoms with Gasteiger partial charge in [-0.15, -0.1) is 16.4 Å². The van der Waals surface area contributed by atoms with Gasteiger partial charge < -0.3 is 4.90 Å². The fourth-order valence-corrected chi connectivity index (χ4v) is 4.92. The topological polar surface area (TPSA) is 63.9 Å². The summed E-state index contributed by atoms with van der Waals surface area (Å²) < 4.78 is 1.20. The van der Waals surface area contributed by atoms with Gasteiger partial charge in [0.25, 0.3) is 5.91 Å². The van der Waals surface area contributed by atoms with Crippen LogP contribution in [0.15, 0.2) is 54.6 Å². The minimum absolute atomic E-state index is 0.0458. The lowest BCUT2D eigenvalue weighted by molar-refractivity contribution is 0.0700. The number of rotatable bonds is 3. The number of benzene rings is 2. The normalized spacial score (nSPS) is 17.0. The van der Waals surface area contributed by atoms with Crippen LogP contribution in [-0.2, 0) is 0 Å². The van der Waals surface area contributed by atoms with Gasteiger partial charge in [0.1, 0.15) is 0 Å². The summed E-state index contributed by atoms with van der Waals surface area (Å²) in [7, 11) is 0. The maximum absolute atomic E-state index is 13.2. The average Bonchev–Trinajstić information content (AvgIpc) is 3.38. The number of likely N-dealkylation sites (tertiary alicyclic amines) is 1. The number of hydrogen-bond donors (Lipinski definition) is 0. The molecule has 0 radical (unpaired) electrons. The number of hydrogen-bond acceptors (Lipinski definition) is 5. The molecule has 0 N–H and O–H groups in total. The lowest BCUT2D eigenvalue weighted by atomic mass is 9.98. The fraction of sp³-hybridized carbons (Fsp3) is 0.273. The van der Waals surface area contributed by atoms with Crippen molar-refractivity contribution in [2.45, 2.75) is 25.7 Å². The first-order chi connectivity index (χ1) is 14.2. The Hall–Kier alpha value is -3.06. The van der Waals surface area contributed by atoms with Crippen LogP contribution in [0, 0.1) is 6.92 Å². The molecule has 4 aromatic rings. The zero-order valence-corrected chi connectivity index (χ0v) is 17.0. The molecule has 7 heteroatoms. The van der Waals surface area contributed by atoms with Crippen molar-refractivity contribution < 1.29 is 4.79 Å². The molecule has 1 unspecified atom stereocenters. The second kappa shape index (κ2) is 7.40. The van der Waals surface area contributed by atoms with E-state index in [1.807, 2.05) is 60.4 Å².